The number of ether oxygens (including phenoxy) is 2. The number of amides is 1. The van der Waals surface area contributed by atoms with Crippen LogP contribution < -0.4 is 20.5 Å². The Kier molecular flexibility index (Phi) is 6.15. The van der Waals surface area contributed by atoms with Crippen molar-refractivity contribution in [1.29, 1.82) is 0 Å². The predicted molar refractivity (Wildman–Crippen MR) is 73.1 cm³/mol. The van der Waals surface area contributed by atoms with E-state index in [-0.39, 0.29) is 6.61 Å². The second-order valence-electron chi connectivity index (χ2n) is 4.57. The Morgan fingerprint density at radius 2 is 2.16 bits per heavy atom. The van der Waals surface area contributed by atoms with E-state index in [2.05, 4.69) is 19.2 Å². The maximum absolute atomic E-state index is 10.7. The topological polar surface area (TPSA) is 78.2 Å². The molecular weight excluding hydrogens is 244 g/mol. The van der Waals surface area contributed by atoms with Crippen LogP contribution in [0.25, 0.3) is 0 Å². The van der Waals surface area contributed by atoms with Crippen molar-refractivity contribution >= 4 is 5.91 Å². The molecule has 1 aromatic rings. The molecule has 0 fully saturated rings. The van der Waals surface area contributed by atoms with Gasteiger partial charge in [-0.15, -0.1) is 0 Å². The van der Waals surface area contributed by atoms with Crippen LogP contribution in [0, 0.1) is 0 Å². The summed E-state index contributed by atoms with van der Waals surface area (Å²) in [7, 11) is 1.58. The van der Waals surface area contributed by atoms with E-state index in [1.807, 2.05) is 18.2 Å². The number of carbonyl (C=O) groups is 1. The van der Waals surface area contributed by atoms with Gasteiger partial charge in [-0.05, 0) is 31.5 Å². The smallest absolute Gasteiger partial charge is 0.255 e. The van der Waals surface area contributed by atoms with E-state index < -0.39 is 5.91 Å². The first-order chi connectivity index (χ1) is 9.06. The zero-order valence-corrected chi connectivity index (χ0v) is 11.8. The summed E-state index contributed by atoms with van der Waals surface area (Å²) in [6.07, 6.45) is 1.14. The number of quaternary nitrogens is 1. The standard InChI is InChI=1S/C14H22N2O3/c1-4-10(2)16-8-11-5-6-12(13(7-11)18-3)19-9-14(15)17/h5-7,10,16H,4,8-9H2,1-3H3,(H2,15,17)/p+1/t10-/m1/s1. The first-order valence-corrected chi connectivity index (χ1v) is 6.48. The van der Waals surface area contributed by atoms with Crippen LogP contribution in [0.3, 0.4) is 0 Å². The van der Waals surface area contributed by atoms with Crippen LogP contribution in [-0.2, 0) is 11.3 Å². The number of carbonyl (C=O) groups excluding carboxylic acids is 1. The summed E-state index contributed by atoms with van der Waals surface area (Å²) in [6.45, 7) is 5.11. The van der Waals surface area contributed by atoms with E-state index >= 15 is 0 Å². The van der Waals surface area contributed by atoms with Crippen LogP contribution >= 0.6 is 0 Å². The predicted octanol–water partition coefficient (Wildman–Crippen LogP) is 0.421. The lowest BCUT2D eigenvalue weighted by molar-refractivity contribution is -0.701. The van der Waals surface area contributed by atoms with Crippen molar-refractivity contribution in [1.82, 2.24) is 0 Å². The zero-order valence-electron chi connectivity index (χ0n) is 11.8. The van der Waals surface area contributed by atoms with Gasteiger partial charge < -0.3 is 20.5 Å². The molecule has 0 heterocycles. The highest BCUT2D eigenvalue weighted by atomic mass is 16.5. The Balaban J connectivity index is 2.69. The van der Waals surface area contributed by atoms with Gasteiger partial charge in [-0.1, -0.05) is 6.92 Å². The Morgan fingerprint density at radius 3 is 2.74 bits per heavy atom. The van der Waals surface area contributed by atoms with Gasteiger partial charge in [0.2, 0.25) is 0 Å². The number of hydrogen-bond acceptors (Lipinski definition) is 3. The van der Waals surface area contributed by atoms with Gasteiger partial charge in [-0.25, -0.2) is 0 Å². The first kappa shape index (κ1) is 15.3. The highest BCUT2D eigenvalue weighted by Gasteiger charge is 2.09. The number of benzene rings is 1. The minimum atomic E-state index is -0.503. The lowest BCUT2D eigenvalue weighted by atomic mass is 10.1. The summed E-state index contributed by atoms with van der Waals surface area (Å²) in [4.78, 5) is 10.7. The molecular formula is C14H23N2O3+. The quantitative estimate of drug-likeness (QED) is 0.716. The average molecular weight is 267 g/mol. The Morgan fingerprint density at radius 1 is 1.42 bits per heavy atom. The second kappa shape index (κ2) is 7.63. The molecule has 0 unspecified atom stereocenters. The molecule has 0 radical (unpaired) electrons. The Bertz CT molecular complexity index is 421. The van der Waals surface area contributed by atoms with Gasteiger partial charge in [0.1, 0.15) is 6.54 Å². The van der Waals surface area contributed by atoms with E-state index in [1.165, 1.54) is 0 Å². The first-order valence-electron chi connectivity index (χ1n) is 6.48. The van der Waals surface area contributed by atoms with E-state index in [1.54, 1.807) is 7.11 Å². The Labute approximate surface area is 114 Å². The molecule has 1 rings (SSSR count). The maximum atomic E-state index is 10.7. The van der Waals surface area contributed by atoms with E-state index in [9.17, 15) is 4.79 Å². The molecule has 19 heavy (non-hydrogen) atoms. The molecule has 5 heteroatoms. The van der Waals surface area contributed by atoms with Gasteiger partial charge in [-0.3, -0.25) is 4.79 Å². The molecule has 0 spiro atoms. The maximum Gasteiger partial charge on any atom is 0.255 e. The molecule has 1 atom stereocenters. The lowest BCUT2D eigenvalue weighted by Crippen LogP contribution is -2.87. The summed E-state index contributed by atoms with van der Waals surface area (Å²) in [5, 5.41) is 2.28. The van der Waals surface area contributed by atoms with E-state index in [0.29, 0.717) is 17.5 Å². The normalized spacial score (nSPS) is 11.9. The molecule has 0 aliphatic rings. The minimum Gasteiger partial charge on any atom is -0.493 e. The zero-order chi connectivity index (χ0) is 14.3. The largest absolute Gasteiger partial charge is 0.493 e. The number of hydrogen-bond donors (Lipinski definition) is 2. The lowest BCUT2D eigenvalue weighted by Gasteiger charge is -2.12. The van der Waals surface area contributed by atoms with Crippen LogP contribution in [0.1, 0.15) is 25.8 Å². The summed E-state index contributed by atoms with van der Waals surface area (Å²) < 4.78 is 10.5. The molecule has 0 saturated carbocycles. The second-order valence-corrected chi connectivity index (χ2v) is 4.57. The van der Waals surface area contributed by atoms with Crippen LogP contribution in [-0.4, -0.2) is 25.7 Å². The third-order valence-corrected chi connectivity index (χ3v) is 3.00. The van der Waals surface area contributed by atoms with Crippen molar-refractivity contribution in [2.45, 2.75) is 32.9 Å². The van der Waals surface area contributed by atoms with Crippen LogP contribution in [0.2, 0.25) is 0 Å². The van der Waals surface area contributed by atoms with Gasteiger partial charge in [0.15, 0.2) is 18.1 Å². The molecule has 0 aromatic heterocycles. The van der Waals surface area contributed by atoms with Crippen LogP contribution in [0.4, 0.5) is 0 Å². The van der Waals surface area contributed by atoms with Crippen molar-refractivity contribution < 1.29 is 19.6 Å². The van der Waals surface area contributed by atoms with Gasteiger partial charge in [0.25, 0.3) is 5.91 Å². The summed E-state index contributed by atoms with van der Waals surface area (Å²) in [6, 6.07) is 6.30. The monoisotopic (exact) mass is 267 g/mol. The highest BCUT2D eigenvalue weighted by molar-refractivity contribution is 5.75. The fourth-order valence-corrected chi connectivity index (χ4v) is 1.61. The highest BCUT2D eigenvalue weighted by Crippen LogP contribution is 2.27. The van der Waals surface area contributed by atoms with Gasteiger partial charge in [0.05, 0.1) is 13.2 Å². The average Bonchev–Trinajstić information content (AvgIpc) is 2.42. The van der Waals surface area contributed by atoms with Crippen LogP contribution in [0.15, 0.2) is 18.2 Å². The third kappa shape index (κ3) is 5.18. The Hall–Kier alpha value is -1.75. The van der Waals surface area contributed by atoms with Crippen molar-refractivity contribution in [2.24, 2.45) is 5.73 Å². The number of rotatable bonds is 8. The summed E-state index contributed by atoms with van der Waals surface area (Å²) in [5.41, 5.74) is 6.20. The fraction of sp³-hybridized carbons (Fsp3) is 0.500. The fourth-order valence-electron chi connectivity index (χ4n) is 1.61. The van der Waals surface area contributed by atoms with Gasteiger partial charge in [0, 0.05) is 5.56 Å². The molecule has 0 bridgehead atoms. The number of methoxy groups -OCH3 is 1. The van der Waals surface area contributed by atoms with Crippen molar-refractivity contribution in [3.63, 3.8) is 0 Å². The molecule has 0 aliphatic heterocycles. The molecule has 0 aliphatic carbocycles. The van der Waals surface area contributed by atoms with E-state index in [0.717, 1.165) is 18.5 Å². The summed E-state index contributed by atoms with van der Waals surface area (Å²) >= 11 is 0. The van der Waals surface area contributed by atoms with Crippen molar-refractivity contribution in [3.05, 3.63) is 23.8 Å². The summed E-state index contributed by atoms with van der Waals surface area (Å²) in [5.74, 6) is 0.654. The number of primary amides is 1. The molecule has 4 N–H and O–H groups in total. The van der Waals surface area contributed by atoms with Crippen molar-refractivity contribution in [2.75, 3.05) is 13.7 Å². The molecule has 0 saturated heterocycles. The molecule has 1 amide bonds. The minimum absolute atomic E-state index is 0.144. The van der Waals surface area contributed by atoms with Crippen molar-refractivity contribution in [3.8, 4) is 11.5 Å². The van der Waals surface area contributed by atoms with Gasteiger partial charge in [-0.2, -0.15) is 0 Å². The number of nitrogens with two attached hydrogens (primary N) is 2. The SMILES string of the molecule is CC[C@@H](C)[NH2+]Cc1ccc(OCC(N)=O)c(OC)c1. The molecule has 5 nitrogen and oxygen atoms in total. The molecule has 1 aromatic carbocycles. The van der Waals surface area contributed by atoms with E-state index in [4.69, 9.17) is 15.2 Å². The van der Waals surface area contributed by atoms with Crippen LogP contribution in [0.5, 0.6) is 11.5 Å². The third-order valence-electron chi connectivity index (χ3n) is 3.00. The van der Waals surface area contributed by atoms with Gasteiger partial charge >= 0.3 is 0 Å². The molecule has 106 valence electrons.